The Morgan fingerprint density at radius 3 is 2.73 bits per heavy atom. The van der Waals surface area contributed by atoms with Crippen LogP contribution in [0, 0.1) is 5.82 Å². The molecule has 0 atom stereocenters. The van der Waals surface area contributed by atoms with Gasteiger partial charge in [0.1, 0.15) is 5.60 Å². The predicted molar refractivity (Wildman–Crippen MR) is 99.7 cm³/mol. The molecule has 3 N–H and O–H groups in total. The maximum Gasteiger partial charge on any atom is 0.446 e. The highest BCUT2D eigenvalue weighted by atomic mass is 19.1. The van der Waals surface area contributed by atoms with E-state index in [1.165, 1.54) is 6.07 Å². The summed E-state index contributed by atoms with van der Waals surface area (Å²) in [6.07, 6.45) is -0.579. The highest BCUT2D eigenvalue weighted by molar-refractivity contribution is 5.68. The number of phenolic OH excluding ortho intramolecular Hbond substituents is 1. The maximum absolute atomic E-state index is 13.3. The van der Waals surface area contributed by atoms with Crippen molar-refractivity contribution in [3.05, 3.63) is 34.6 Å². The van der Waals surface area contributed by atoms with Crippen LogP contribution >= 0.6 is 0 Å². The van der Waals surface area contributed by atoms with Crippen LogP contribution in [-0.4, -0.2) is 49.9 Å². The number of ether oxygens (including phenoxy) is 1. The first-order valence-electron chi connectivity index (χ1n) is 8.77. The second kappa shape index (κ2) is 8.23. The molecule has 3 rings (SSSR count). The third-order valence-electron chi connectivity index (χ3n) is 3.58. The Balaban J connectivity index is 1.74. The lowest BCUT2D eigenvalue weighted by molar-refractivity contribution is 0.0530. The largest absolute Gasteiger partial charge is 0.505 e. The first-order valence-corrected chi connectivity index (χ1v) is 8.77. The minimum absolute atomic E-state index is 0.0296. The molecule has 0 unspecified atom stereocenters. The van der Waals surface area contributed by atoms with E-state index in [-0.39, 0.29) is 36.1 Å². The summed E-state index contributed by atoms with van der Waals surface area (Å²) < 4.78 is 28.8. The average molecular weight is 422 g/mol. The van der Waals surface area contributed by atoms with Crippen molar-refractivity contribution in [2.75, 3.05) is 18.4 Å². The van der Waals surface area contributed by atoms with Crippen LogP contribution in [0.3, 0.4) is 0 Å². The van der Waals surface area contributed by atoms with Gasteiger partial charge in [-0.3, -0.25) is 4.52 Å². The number of aromatic nitrogens is 4. The van der Waals surface area contributed by atoms with Gasteiger partial charge in [0.25, 0.3) is 0 Å². The van der Waals surface area contributed by atoms with E-state index < -0.39 is 29.0 Å². The summed E-state index contributed by atoms with van der Waals surface area (Å²) in [6, 6.07) is 3.27. The minimum Gasteiger partial charge on any atom is -0.505 e. The van der Waals surface area contributed by atoms with E-state index in [4.69, 9.17) is 9.37 Å². The average Bonchev–Trinajstić information content (AvgIpc) is 3.26. The highest BCUT2D eigenvalue weighted by Gasteiger charge is 2.23. The lowest BCUT2D eigenvalue weighted by atomic mass is 10.2. The van der Waals surface area contributed by atoms with Gasteiger partial charge in [-0.05, 0) is 43.2 Å². The molecule has 0 aliphatic carbocycles. The number of carbonyl (C=O) groups excluding carboxylic acids is 1. The van der Waals surface area contributed by atoms with E-state index in [0.29, 0.717) is 0 Å². The predicted octanol–water partition coefficient (Wildman–Crippen LogP) is 1.66. The van der Waals surface area contributed by atoms with Gasteiger partial charge in [0, 0.05) is 19.2 Å². The Kier molecular flexibility index (Phi) is 5.71. The van der Waals surface area contributed by atoms with Crippen molar-refractivity contribution in [3.8, 4) is 23.0 Å². The van der Waals surface area contributed by atoms with E-state index in [1.807, 2.05) is 0 Å². The SMILES string of the molecule is CC(C)(C)OC(=O)NCCNc1nonc1-c1noc(=O)n1-c1ccc(F)c(O)c1. The molecule has 0 aliphatic heterocycles. The summed E-state index contributed by atoms with van der Waals surface area (Å²) in [7, 11) is 0. The summed E-state index contributed by atoms with van der Waals surface area (Å²) in [5.41, 5.74) is -0.496. The zero-order valence-electron chi connectivity index (χ0n) is 16.3. The number of halogens is 1. The number of rotatable bonds is 6. The summed E-state index contributed by atoms with van der Waals surface area (Å²) in [6.45, 7) is 5.65. The van der Waals surface area contributed by atoms with Crippen molar-refractivity contribution in [2.24, 2.45) is 0 Å². The molecule has 0 fully saturated rings. The fourth-order valence-electron chi connectivity index (χ4n) is 2.38. The normalized spacial score (nSPS) is 11.3. The molecule has 1 aromatic carbocycles. The first kappa shape index (κ1) is 20.8. The van der Waals surface area contributed by atoms with Crippen LogP contribution in [0.4, 0.5) is 15.0 Å². The molecular formula is C17H19FN6O6. The van der Waals surface area contributed by atoms with Gasteiger partial charge >= 0.3 is 11.8 Å². The molecule has 2 aromatic heterocycles. The van der Waals surface area contributed by atoms with Gasteiger partial charge in [0.05, 0.1) is 5.69 Å². The van der Waals surface area contributed by atoms with Crippen molar-refractivity contribution >= 4 is 11.9 Å². The van der Waals surface area contributed by atoms with Gasteiger partial charge < -0.3 is 20.5 Å². The lowest BCUT2D eigenvalue weighted by Crippen LogP contribution is -2.35. The fraction of sp³-hybridized carbons (Fsp3) is 0.353. The van der Waals surface area contributed by atoms with Crippen LogP contribution in [0.5, 0.6) is 5.75 Å². The number of phenols is 1. The summed E-state index contributed by atoms with van der Waals surface area (Å²) in [5.74, 6) is -2.37. The van der Waals surface area contributed by atoms with Crippen molar-refractivity contribution in [1.82, 2.24) is 25.4 Å². The number of alkyl carbamates (subject to hydrolysis) is 1. The Morgan fingerprint density at radius 2 is 2.03 bits per heavy atom. The zero-order valence-corrected chi connectivity index (χ0v) is 16.3. The molecular weight excluding hydrogens is 403 g/mol. The second-order valence-electron chi connectivity index (χ2n) is 7.06. The minimum atomic E-state index is -0.892. The van der Waals surface area contributed by atoms with Gasteiger partial charge in [-0.1, -0.05) is 5.16 Å². The molecule has 160 valence electrons. The van der Waals surface area contributed by atoms with Crippen molar-refractivity contribution in [1.29, 1.82) is 0 Å². The molecule has 1 amide bonds. The lowest BCUT2D eigenvalue weighted by Gasteiger charge is -2.19. The molecule has 0 aliphatic rings. The highest BCUT2D eigenvalue weighted by Crippen LogP contribution is 2.26. The molecule has 0 spiro atoms. The van der Waals surface area contributed by atoms with Crippen LogP contribution in [0.15, 0.2) is 32.1 Å². The Bertz CT molecular complexity index is 1100. The summed E-state index contributed by atoms with van der Waals surface area (Å²) in [5, 5.41) is 26.1. The van der Waals surface area contributed by atoms with Gasteiger partial charge in [-0.25, -0.2) is 23.2 Å². The van der Waals surface area contributed by atoms with Crippen LogP contribution in [-0.2, 0) is 4.74 Å². The summed E-state index contributed by atoms with van der Waals surface area (Å²) in [4.78, 5) is 23.7. The smallest absolute Gasteiger partial charge is 0.446 e. The van der Waals surface area contributed by atoms with Gasteiger partial charge in [0.2, 0.25) is 11.6 Å². The van der Waals surface area contributed by atoms with Crippen LogP contribution < -0.4 is 16.4 Å². The van der Waals surface area contributed by atoms with Crippen LogP contribution in [0.25, 0.3) is 17.2 Å². The number of amides is 1. The number of nitrogens with zero attached hydrogens (tertiary/aromatic N) is 4. The number of hydrogen-bond donors (Lipinski definition) is 3. The molecule has 0 radical (unpaired) electrons. The molecule has 0 saturated heterocycles. The molecule has 12 nitrogen and oxygen atoms in total. The fourth-order valence-corrected chi connectivity index (χ4v) is 2.38. The Morgan fingerprint density at radius 1 is 1.27 bits per heavy atom. The number of hydrogen-bond acceptors (Lipinski definition) is 10. The number of nitrogens with one attached hydrogen (secondary N) is 2. The third kappa shape index (κ3) is 4.74. The third-order valence-corrected chi connectivity index (χ3v) is 3.58. The topological polar surface area (TPSA) is 158 Å². The number of anilines is 1. The number of carbonyl (C=O) groups is 1. The molecule has 30 heavy (non-hydrogen) atoms. The number of benzene rings is 1. The zero-order chi connectivity index (χ0) is 21.9. The molecule has 3 aromatic rings. The van der Waals surface area contributed by atoms with E-state index in [2.05, 4.69) is 30.6 Å². The van der Waals surface area contributed by atoms with Gasteiger partial charge in [-0.15, -0.1) is 0 Å². The molecule has 13 heteroatoms. The van der Waals surface area contributed by atoms with E-state index >= 15 is 0 Å². The first-order chi connectivity index (χ1) is 14.2. The molecule has 0 bridgehead atoms. The van der Waals surface area contributed by atoms with E-state index in [1.54, 1.807) is 20.8 Å². The standard InChI is InChI=1S/C17H19FN6O6/c1-17(2,3)28-15(26)20-7-6-19-13-12(21-30-22-13)14-23-29-16(27)24(14)9-4-5-10(18)11(25)8-9/h4-5,8,25H,6-7H2,1-3H3,(H,19,22)(H,20,26). The monoisotopic (exact) mass is 422 g/mol. The quantitative estimate of drug-likeness (QED) is 0.499. The van der Waals surface area contributed by atoms with Crippen molar-refractivity contribution < 1.29 is 28.2 Å². The maximum atomic E-state index is 13.3. The van der Waals surface area contributed by atoms with E-state index in [9.17, 15) is 19.1 Å². The van der Waals surface area contributed by atoms with Crippen molar-refractivity contribution in [2.45, 2.75) is 26.4 Å². The summed E-state index contributed by atoms with van der Waals surface area (Å²) >= 11 is 0. The van der Waals surface area contributed by atoms with Crippen LogP contribution in [0.2, 0.25) is 0 Å². The van der Waals surface area contributed by atoms with Gasteiger partial charge in [-0.2, -0.15) is 0 Å². The molecule has 0 saturated carbocycles. The van der Waals surface area contributed by atoms with Crippen molar-refractivity contribution in [3.63, 3.8) is 0 Å². The van der Waals surface area contributed by atoms with Gasteiger partial charge in [0.15, 0.2) is 17.3 Å². The van der Waals surface area contributed by atoms with Crippen LogP contribution in [0.1, 0.15) is 20.8 Å². The second-order valence-corrected chi connectivity index (χ2v) is 7.06. The number of aromatic hydroxyl groups is 1. The Hall–Kier alpha value is -3.90. The van der Waals surface area contributed by atoms with E-state index in [0.717, 1.165) is 16.7 Å². The Labute approximate surface area is 168 Å². The molecule has 2 heterocycles.